The molecule has 0 amide bonds. The van der Waals surface area contributed by atoms with E-state index >= 15 is 0 Å². The van der Waals surface area contributed by atoms with E-state index in [9.17, 15) is 0 Å². The predicted molar refractivity (Wildman–Crippen MR) is 81.9 cm³/mol. The molecule has 1 heterocycles. The molecule has 0 aliphatic rings. The monoisotopic (exact) mass is 341 g/mol. The Morgan fingerprint density at radius 1 is 1.16 bits per heavy atom. The van der Waals surface area contributed by atoms with Gasteiger partial charge < -0.3 is 15.2 Å². The van der Waals surface area contributed by atoms with E-state index in [4.69, 9.17) is 15.2 Å². The van der Waals surface area contributed by atoms with Crippen molar-refractivity contribution in [2.75, 3.05) is 6.61 Å². The van der Waals surface area contributed by atoms with E-state index < -0.39 is 0 Å². The highest BCUT2D eigenvalue weighted by Gasteiger charge is 2.07. The Kier molecular flexibility index (Phi) is 5.24. The van der Waals surface area contributed by atoms with Gasteiger partial charge in [0.15, 0.2) is 11.5 Å². The molecule has 1 aromatic carbocycles. The molecule has 0 saturated heterocycles. The average molecular weight is 342 g/mol. The largest absolute Gasteiger partial charge is 0.490 e. The maximum atomic E-state index is 5.81. The van der Waals surface area contributed by atoms with Crippen LogP contribution >= 0.6 is 27.3 Å². The first-order valence-corrected chi connectivity index (χ1v) is 7.66. The van der Waals surface area contributed by atoms with Crippen molar-refractivity contribution >= 4 is 27.3 Å². The maximum Gasteiger partial charge on any atom is 0.161 e. The third-order valence-electron chi connectivity index (χ3n) is 2.54. The first kappa shape index (κ1) is 14.4. The summed E-state index contributed by atoms with van der Waals surface area (Å²) in [6, 6.07) is 9.87. The summed E-state index contributed by atoms with van der Waals surface area (Å²) in [5.74, 6) is 1.50. The first-order chi connectivity index (χ1) is 9.22. The molecule has 19 heavy (non-hydrogen) atoms. The van der Waals surface area contributed by atoms with Gasteiger partial charge in [0.05, 0.1) is 10.4 Å². The van der Waals surface area contributed by atoms with E-state index in [1.165, 1.54) is 0 Å². The smallest absolute Gasteiger partial charge is 0.161 e. The van der Waals surface area contributed by atoms with Crippen molar-refractivity contribution in [3.63, 3.8) is 0 Å². The van der Waals surface area contributed by atoms with E-state index in [0.29, 0.717) is 19.8 Å². The van der Waals surface area contributed by atoms with Gasteiger partial charge in [-0.25, -0.2) is 0 Å². The molecule has 5 heteroatoms. The third kappa shape index (κ3) is 3.96. The Labute approximate surface area is 125 Å². The molecule has 2 rings (SSSR count). The number of hydrogen-bond acceptors (Lipinski definition) is 4. The van der Waals surface area contributed by atoms with Gasteiger partial charge in [-0.15, -0.1) is 11.3 Å². The molecular formula is C14H16BrNO2S. The van der Waals surface area contributed by atoms with Gasteiger partial charge in [-0.05, 0) is 52.7 Å². The lowest BCUT2D eigenvalue weighted by atomic mass is 10.2. The zero-order valence-corrected chi connectivity index (χ0v) is 13.1. The minimum Gasteiger partial charge on any atom is -0.490 e. The minimum absolute atomic E-state index is 0.498. The molecule has 1 aromatic heterocycles. The van der Waals surface area contributed by atoms with Crippen molar-refractivity contribution in [1.82, 2.24) is 0 Å². The quantitative estimate of drug-likeness (QED) is 0.865. The second-order valence-electron chi connectivity index (χ2n) is 3.91. The molecule has 0 aliphatic carbocycles. The Bertz CT molecular complexity index is 542. The van der Waals surface area contributed by atoms with Crippen molar-refractivity contribution in [3.8, 4) is 11.5 Å². The van der Waals surface area contributed by atoms with Gasteiger partial charge in [0.25, 0.3) is 0 Å². The fraction of sp³-hybridized carbons (Fsp3) is 0.286. The van der Waals surface area contributed by atoms with Gasteiger partial charge in [0.1, 0.15) is 6.61 Å². The van der Waals surface area contributed by atoms with Gasteiger partial charge in [0, 0.05) is 11.4 Å². The molecule has 0 saturated carbocycles. The van der Waals surface area contributed by atoms with E-state index in [1.807, 2.05) is 37.3 Å². The molecule has 0 aliphatic heterocycles. The predicted octanol–water partition coefficient (Wildman–Crippen LogP) is 3.95. The molecule has 0 unspecified atom stereocenters. The lowest BCUT2D eigenvalue weighted by Crippen LogP contribution is -2.01. The van der Waals surface area contributed by atoms with Crippen LogP contribution in [-0.2, 0) is 13.2 Å². The molecule has 0 atom stereocenters. The van der Waals surface area contributed by atoms with Crippen LogP contribution in [0.5, 0.6) is 11.5 Å². The van der Waals surface area contributed by atoms with E-state index in [1.54, 1.807) is 11.3 Å². The van der Waals surface area contributed by atoms with Gasteiger partial charge in [-0.2, -0.15) is 0 Å². The molecule has 2 aromatic rings. The van der Waals surface area contributed by atoms with Crippen LogP contribution in [0.1, 0.15) is 17.4 Å². The van der Waals surface area contributed by atoms with Crippen LogP contribution in [0.4, 0.5) is 0 Å². The van der Waals surface area contributed by atoms with Crippen LogP contribution in [-0.4, -0.2) is 6.61 Å². The highest BCUT2D eigenvalue weighted by Crippen LogP contribution is 2.30. The zero-order chi connectivity index (χ0) is 13.7. The molecule has 3 nitrogen and oxygen atoms in total. The summed E-state index contributed by atoms with van der Waals surface area (Å²) in [7, 11) is 0. The number of thiophene rings is 1. The molecule has 2 N–H and O–H groups in total. The Balaban J connectivity index is 2.10. The summed E-state index contributed by atoms with van der Waals surface area (Å²) < 4.78 is 12.5. The number of ether oxygens (including phenoxy) is 2. The van der Waals surface area contributed by atoms with Crippen LogP contribution in [0.25, 0.3) is 0 Å². The van der Waals surface area contributed by atoms with Crippen LogP contribution in [0.2, 0.25) is 0 Å². The first-order valence-electron chi connectivity index (χ1n) is 6.05. The summed E-state index contributed by atoms with van der Waals surface area (Å²) in [5, 5.41) is 0. The van der Waals surface area contributed by atoms with E-state index in [-0.39, 0.29) is 0 Å². The summed E-state index contributed by atoms with van der Waals surface area (Å²) >= 11 is 5.11. The average Bonchev–Trinajstić information content (AvgIpc) is 2.83. The Morgan fingerprint density at radius 2 is 2.00 bits per heavy atom. The van der Waals surface area contributed by atoms with Gasteiger partial charge >= 0.3 is 0 Å². The van der Waals surface area contributed by atoms with Crippen LogP contribution < -0.4 is 15.2 Å². The normalized spacial score (nSPS) is 10.5. The Morgan fingerprint density at radius 3 is 2.63 bits per heavy atom. The summed E-state index contributed by atoms with van der Waals surface area (Å²) in [4.78, 5) is 1.16. The summed E-state index contributed by atoms with van der Waals surface area (Å²) in [5.41, 5.74) is 6.67. The fourth-order valence-electron chi connectivity index (χ4n) is 1.65. The highest BCUT2D eigenvalue weighted by atomic mass is 79.9. The molecule has 0 fully saturated rings. The van der Waals surface area contributed by atoms with Crippen LogP contribution in [0, 0.1) is 0 Å². The lowest BCUT2D eigenvalue weighted by molar-refractivity contribution is 0.271. The van der Waals surface area contributed by atoms with E-state index in [2.05, 4.69) is 15.9 Å². The summed E-state index contributed by atoms with van der Waals surface area (Å²) in [6.07, 6.45) is 0. The number of rotatable bonds is 6. The highest BCUT2D eigenvalue weighted by molar-refractivity contribution is 9.11. The second kappa shape index (κ2) is 6.93. The van der Waals surface area contributed by atoms with Crippen LogP contribution in [0.3, 0.4) is 0 Å². The number of hydrogen-bond donors (Lipinski definition) is 1. The molecule has 102 valence electrons. The standard InChI is InChI=1S/C14H16BrNO2S/c1-2-17-13-7-10(8-16)3-5-12(13)18-9-11-4-6-14(15)19-11/h3-7H,2,8-9,16H2,1H3. The SMILES string of the molecule is CCOc1cc(CN)ccc1OCc1ccc(Br)s1. The molecular weight excluding hydrogens is 326 g/mol. The van der Waals surface area contributed by atoms with Gasteiger partial charge in [-0.1, -0.05) is 6.07 Å². The summed E-state index contributed by atoms with van der Waals surface area (Å²) in [6.45, 7) is 3.60. The number of nitrogens with two attached hydrogens (primary N) is 1. The molecule has 0 bridgehead atoms. The maximum absolute atomic E-state index is 5.81. The lowest BCUT2D eigenvalue weighted by Gasteiger charge is -2.12. The third-order valence-corrected chi connectivity index (χ3v) is 4.14. The second-order valence-corrected chi connectivity index (χ2v) is 6.46. The minimum atomic E-state index is 0.498. The number of benzene rings is 1. The van der Waals surface area contributed by atoms with Gasteiger partial charge in [-0.3, -0.25) is 0 Å². The van der Waals surface area contributed by atoms with Crippen molar-refractivity contribution < 1.29 is 9.47 Å². The van der Waals surface area contributed by atoms with E-state index in [0.717, 1.165) is 25.7 Å². The molecule has 0 radical (unpaired) electrons. The number of halogens is 1. The van der Waals surface area contributed by atoms with Crippen molar-refractivity contribution in [3.05, 3.63) is 44.6 Å². The molecule has 0 spiro atoms. The van der Waals surface area contributed by atoms with Crippen molar-refractivity contribution in [2.24, 2.45) is 5.73 Å². The van der Waals surface area contributed by atoms with Crippen LogP contribution in [0.15, 0.2) is 34.1 Å². The zero-order valence-electron chi connectivity index (χ0n) is 10.7. The fourth-order valence-corrected chi connectivity index (χ4v) is 3.04. The van der Waals surface area contributed by atoms with Crippen molar-refractivity contribution in [2.45, 2.75) is 20.1 Å². The Hall–Kier alpha value is -1.04. The van der Waals surface area contributed by atoms with Gasteiger partial charge in [0.2, 0.25) is 0 Å². The topological polar surface area (TPSA) is 44.5 Å². The van der Waals surface area contributed by atoms with Crippen molar-refractivity contribution in [1.29, 1.82) is 0 Å².